The molecule has 0 unspecified atom stereocenters. The number of hydrogen-bond acceptors (Lipinski definition) is 3. The molecule has 3 nitrogen and oxygen atoms in total. The number of aliphatic hydroxyl groups excluding tert-OH is 1. The second-order valence-electron chi connectivity index (χ2n) is 3.86. The summed E-state index contributed by atoms with van der Waals surface area (Å²) in [4.78, 5) is 4.22. The highest BCUT2D eigenvalue weighted by Crippen LogP contribution is 2.08. The maximum absolute atomic E-state index is 9.03. The van der Waals surface area contributed by atoms with Crippen molar-refractivity contribution in [2.45, 2.75) is 25.9 Å². The lowest BCUT2D eigenvalue weighted by Gasteiger charge is -2.23. The summed E-state index contributed by atoms with van der Waals surface area (Å²) >= 11 is 3.33. The van der Waals surface area contributed by atoms with Crippen LogP contribution in [0, 0.1) is 0 Å². The molecule has 0 aliphatic rings. The molecule has 0 bridgehead atoms. The number of aromatic nitrogens is 1. The second-order valence-corrected chi connectivity index (χ2v) is 4.78. The first-order chi connectivity index (χ1) is 6.53. The van der Waals surface area contributed by atoms with Crippen LogP contribution < -0.4 is 5.32 Å². The number of rotatable bonds is 4. The van der Waals surface area contributed by atoms with E-state index in [-0.39, 0.29) is 12.1 Å². The Balaban J connectivity index is 2.50. The Bertz CT molecular complexity index is 285. The van der Waals surface area contributed by atoms with Crippen LogP contribution >= 0.6 is 15.9 Å². The smallest absolute Gasteiger partial charge is 0.0607 e. The molecule has 0 amide bonds. The first-order valence-corrected chi connectivity index (χ1v) is 5.29. The number of halogens is 1. The summed E-state index contributed by atoms with van der Waals surface area (Å²) in [5, 5.41) is 12.2. The zero-order valence-corrected chi connectivity index (χ0v) is 10.0. The van der Waals surface area contributed by atoms with Gasteiger partial charge in [0.15, 0.2) is 0 Å². The lowest BCUT2D eigenvalue weighted by Crippen LogP contribution is -2.42. The molecule has 1 aromatic rings. The van der Waals surface area contributed by atoms with Crippen molar-refractivity contribution in [1.29, 1.82) is 0 Å². The molecule has 0 aliphatic carbocycles. The molecule has 0 aromatic carbocycles. The van der Waals surface area contributed by atoms with Gasteiger partial charge < -0.3 is 10.4 Å². The van der Waals surface area contributed by atoms with Gasteiger partial charge in [0.25, 0.3) is 0 Å². The van der Waals surface area contributed by atoms with Gasteiger partial charge >= 0.3 is 0 Å². The SMILES string of the molecule is CC(C)(CO)NCc1ccc(Br)cn1. The van der Waals surface area contributed by atoms with Crippen LogP contribution in [0.5, 0.6) is 0 Å². The lowest BCUT2D eigenvalue weighted by atomic mass is 10.1. The fraction of sp³-hybridized carbons (Fsp3) is 0.500. The Labute approximate surface area is 92.7 Å². The van der Waals surface area contributed by atoms with E-state index in [1.54, 1.807) is 6.20 Å². The van der Waals surface area contributed by atoms with Gasteiger partial charge in [-0.25, -0.2) is 0 Å². The van der Waals surface area contributed by atoms with Crippen LogP contribution in [-0.2, 0) is 6.54 Å². The van der Waals surface area contributed by atoms with E-state index < -0.39 is 0 Å². The fourth-order valence-corrected chi connectivity index (χ4v) is 1.13. The van der Waals surface area contributed by atoms with Gasteiger partial charge in [0, 0.05) is 22.8 Å². The molecule has 78 valence electrons. The van der Waals surface area contributed by atoms with E-state index in [4.69, 9.17) is 5.11 Å². The summed E-state index contributed by atoms with van der Waals surface area (Å²) in [6.07, 6.45) is 1.77. The number of aliphatic hydroxyl groups is 1. The molecule has 1 rings (SSSR count). The maximum Gasteiger partial charge on any atom is 0.0607 e. The molecule has 0 saturated carbocycles. The molecule has 0 radical (unpaired) electrons. The molecule has 4 heteroatoms. The summed E-state index contributed by atoms with van der Waals surface area (Å²) in [6, 6.07) is 3.90. The van der Waals surface area contributed by atoms with Gasteiger partial charge in [-0.2, -0.15) is 0 Å². The highest BCUT2D eigenvalue weighted by atomic mass is 79.9. The standard InChI is InChI=1S/C10H15BrN2O/c1-10(2,7-14)13-6-9-4-3-8(11)5-12-9/h3-5,13-14H,6-7H2,1-2H3. The minimum absolute atomic E-state index is 0.115. The second kappa shape index (κ2) is 4.87. The van der Waals surface area contributed by atoms with Crippen LogP contribution in [0.2, 0.25) is 0 Å². The average molecular weight is 259 g/mol. The zero-order valence-electron chi connectivity index (χ0n) is 8.42. The quantitative estimate of drug-likeness (QED) is 0.865. The summed E-state index contributed by atoms with van der Waals surface area (Å²) in [6.45, 7) is 4.68. The van der Waals surface area contributed by atoms with Crippen LogP contribution in [0.3, 0.4) is 0 Å². The van der Waals surface area contributed by atoms with Crippen molar-refractivity contribution in [2.24, 2.45) is 0 Å². The van der Waals surface area contributed by atoms with Crippen LogP contribution in [0.1, 0.15) is 19.5 Å². The topological polar surface area (TPSA) is 45.1 Å². The number of pyridine rings is 1. The molecule has 0 atom stereocenters. The van der Waals surface area contributed by atoms with Crippen molar-refractivity contribution in [1.82, 2.24) is 10.3 Å². The Morgan fingerprint density at radius 3 is 2.71 bits per heavy atom. The molecule has 0 aliphatic heterocycles. The minimum Gasteiger partial charge on any atom is -0.394 e. The molecular formula is C10H15BrN2O. The first-order valence-electron chi connectivity index (χ1n) is 4.50. The third-order valence-corrected chi connectivity index (χ3v) is 2.40. The van der Waals surface area contributed by atoms with E-state index in [9.17, 15) is 0 Å². The molecule has 1 aromatic heterocycles. The number of nitrogens with zero attached hydrogens (tertiary/aromatic N) is 1. The summed E-state index contributed by atoms with van der Waals surface area (Å²) in [5.74, 6) is 0. The highest BCUT2D eigenvalue weighted by Gasteiger charge is 2.14. The third-order valence-electron chi connectivity index (χ3n) is 1.93. The molecule has 14 heavy (non-hydrogen) atoms. The van der Waals surface area contributed by atoms with Crippen LogP contribution in [0.15, 0.2) is 22.8 Å². The normalized spacial score (nSPS) is 11.7. The lowest BCUT2D eigenvalue weighted by molar-refractivity contribution is 0.187. The van der Waals surface area contributed by atoms with Crippen molar-refractivity contribution >= 4 is 15.9 Å². The highest BCUT2D eigenvalue weighted by molar-refractivity contribution is 9.10. The van der Waals surface area contributed by atoms with E-state index in [2.05, 4.69) is 26.2 Å². The van der Waals surface area contributed by atoms with Gasteiger partial charge in [0.1, 0.15) is 0 Å². The Hall–Kier alpha value is -0.450. The first kappa shape index (κ1) is 11.6. The number of nitrogens with one attached hydrogen (secondary N) is 1. The van der Waals surface area contributed by atoms with Crippen molar-refractivity contribution in [3.63, 3.8) is 0 Å². The summed E-state index contributed by atoms with van der Waals surface area (Å²) in [5.41, 5.74) is 0.712. The summed E-state index contributed by atoms with van der Waals surface area (Å²) in [7, 11) is 0. The third kappa shape index (κ3) is 3.74. The number of hydrogen-bond donors (Lipinski definition) is 2. The van der Waals surface area contributed by atoms with Gasteiger partial charge in [-0.1, -0.05) is 0 Å². The Morgan fingerprint density at radius 1 is 1.50 bits per heavy atom. The molecule has 0 spiro atoms. The predicted molar refractivity (Wildman–Crippen MR) is 59.9 cm³/mol. The van der Waals surface area contributed by atoms with Gasteiger partial charge in [-0.05, 0) is 41.9 Å². The monoisotopic (exact) mass is 258 g/mol. The van der Waals surface area contributed by atoms with Crippen LogP contribution in [0.25, 0.3) is 0 Å². The van der Waals surface area contributed by atoms with E-state index in [1.165, 1.54) is 0 Å². The van der Waals surface area contributed by atoms with E-state index in [1.807, 2.05) is 26.0 Å². The van der Waals surface area contributed by atoms with Crippen molar-refractivity contribution in [3.8, 4) is 0 Å². The van der Waals surface area contributed by atoms with Gasteiger partial charge in [0.2, 0.25) is 0 Å². The van der Waals surface area contributed by atoms with Crippen molar-refractivity contribution in [2.75, 3.05) is 6.61 Å². The fourth-order valence-electron chi connectivity index (χ4n) is 0.897. The molecule has 1 heterocycles. The van der Waals surface area contributed by atoms with E-state index in [0.29, 0.717) is 6.54 Å². The van der Waals surface area contributed by atoms with E-state index >= 15 is 0 Å². The largest absolute Gasteiger partial charge is 0.394 e. The molecular weight excluding hydrogens is 244 g/mol. The van der Waals surface area contributed by atoms with Crippen molar-refractivity contribution < 1.29 is 5.11 Å². The van der Waals surface area contributed by atoms with Gasteiger partial charge in [-0.15, -0.1) is 0 Å². The molecule has 0 saturated heterocycles. The average Bonchev–Trinajstić information content (AvgIpc) is 2.17. The molecule has 0 fully saturated rings. The van der Waals surface area contributed by atoms with E-state index in [0.717, 1.165) is 10.2 Å². The van der Waals surface area contributed by atoms with Crippen molar-refractivity contribution in [3.05, 3.63) is 28.5 Å². The predicted octanol–water partition coefficient (Wildman–Crippen LogP) is 1.70. The summed E-state index contributed by atoms with van der Waals surface area (Å²) < 4.78 is 0.975. The van der Waals surface area contributed by atoms with Crippen LogP contribution in [0.4, 0.5) is 0 Å². The van der Waals surface area contributed by atoms with Gasteiger partial charge in [-0.3, -0.25) is 4.98 Å². The van der Waals surface area contributed by atoms with Crippen LogP contribution in [-0.4, -0.2) is 22.2 Å². The Kier molecular flexibility index (Phi) is 4.04. The Morgan fingerprint density at radius 2 is 2.21 bits per heavy atom. The zero-order chi connectivity index (χ0) is 10.6. The minimum atomic E-state index is -0.255. The van der Waals surface area contributed by atoms with Gasteiger partial charge in [0.05, 0.1) is 12.3 Å². The maximum atomic E-state index is 9.03. The molecule has 2 N–H and O–H groups in total.